The average Bonchev–Trinajstić information content (AvgIpc) is 2.73. The number of rotatable bonds is 7. The van der Waals surface area contributed by atoms with Crippen LogP contribution < -0.4 is 10.2 Å². The third kappa shape index (κ3) is 5.08. The van der Waals surface area contributed by atoms with E-state index in [1.165, 1.54) is 0 Å². The van der Waals surface area contributed by atoms with Crippen LogP contribution in [-0.2, 0) is 4.79 Å². The van der Waals surface area contributed by atoms with Crippen LogP contribution in [0.5, 0.6) is 0 Å². The Morgan fingerprint density at radius 1 is 1.24 bits per heavy atom. The normalized spacial score (nSPS) is 15.6. The molecule has 0 amide bonds. The Hall–Kier alpha value is -3.00. The fourth-order valence-electron chi connectivity index (χ4n) is 3.90. The van der Waals surface area contributed by atoms with Gasteiger partial charge in [0.25, 0.3) is 0 Å². The molecule has 29 heavy (non-hydrogen) atoms. The number of carboxylic acid groups (broad SMARTS) is 1. The molecular formula is C24H29N3O2. The second-order valence-corrected chi connectivity index (χ2v) is 7.94. The van der Waals surface area contributed by atoms with Gasteiger partial charge < -0.3 is 15.3 Å². The third-order valence-corrected chi connectivity index (χ3v) is 5.72. The van der Waals surface area contributed by atoms with Crippen LogP contribution in [0.15, 0.2) is 42.5 Å². The molecule has 1 fully saturated rings. The molecule has 0 spiro atoms. The van der Waals surface area contributed by atoms with Crippen molar-refractivity contribution < 1.29 is 9.90 Å². The summed E-state index contributed by atoms with van der Waals surface area (Å²) in [7, 11) is 0. The van der Waals surface area contributed by atoms with E-state index >= 15 is 0 Å². The highest BCUT2D eigenvalue weighted by Gasteiger charge is 2.23. The number of carboxylic acids is 1. The molecule has 1 atom stereocenters. The highest BCUT2D eigenvalue weighted by Crippen LogP contribution is 2.35. The van der Waals surface area contributed by atoms with Crippen molar-refractivity contribution in [1.29, 1.82) is 5.26 Å². The van der Waals surface area contributed by atoms with Gasteiger partial charge in [0.05, 0.1) is 28.9 Å². The largest absolute Gasteiger partial charge is 0.481 e. The van der Waals surface area contributed by atoms with E-state index in [4.69, 9.17) is 5.26 Å². The van der Waals surface area contributed by atoms with Gasteiger partial charge in [-0.1, -0.05) is 26.3 Å². The molecule has 3 rings (SSSR count). The van der Waals surface area contributed by atoms with E-state index < -0.39 is 11.9 Å². The number of aliphatic carboxylic acids is 1. The maximum absolute atomic E-state index is 11.8. The molecule has 5 nitrogen and oxygen atoms in total. The molecule has 2 N–H and O–H groups in total. The van der Waals surface area contributed by atoms with Crippen molar-refractivity contribution >= 4 is 23.0 Å². The molecule has 1 aliphatic rings. The van der Waals surface area contributed by atoms with Crippen molar-refractivity contribution in [3.05, 3.63) is 53.6 Å². The van der Waals surface area contributed by atoms with E-state index in [9.17, 15) is 9.90 Å². The molecule has 0 aliphatic carbocycles. The monoisotopic (exact) mass is 391 g/mol. The Bertz CT molecular complexity index is 878. The number of piperidine rings is 1. The summed E-state index contributed by atoms with van der Waals surface area (Å²) in [6.45, 7) is 6.30. The molecule has 0 bridgehead atoms. The average molecular weight is 392 g/mol. The second kappa shape index (κ2) is 9.47. The van der Waals surface area contributed by atoms with Gasteiger partial charge in [-0.05, 0) is 67.1 Å². The molecule has 0 radical (unpaired) electrons. The minimum absolute atomic E-state index is 0.503. The van der Waals surface area contributed by atoms with E-state index in [-0.39, 0.29) is 0 Å². The first-order valence-electron chi connectivity index (χ1n) is 10.4. The summed E-state index contributed by atoms with van der Waals surface area (Å²) in [5.74, 6) is -0.547. The molecule has 2 aromatic carbocycles. The Balaban J connectivity index is 1.96. The summed E-state index contributed by atoms with van der Waals surface area (Å²) < 4.78 is 0. The molecule has 5 heteroatoms. The number of benzene rings is 2. The fraction of sp³-hybridized carbons (Fsp3) is 0.417. The van der Waals surface area contributed by atoms with Crippen molar-refractivity contribution in [2.45, 2.75) is 45.4 Å². The third-order valence-electron chi connectivity index (χ3n) is 5.72. The first-order valence-corrected chi connectivity index (χ1v) is 10.4. The van der Waals surface area contributed by atoms with Crippen LogP contribution in [0.4, 0.5) is 17.1 Å². The van der Waals surface area contributed by atoms with Gasteiger partial charge >= 0.3 is 5.97 Å². The van der Waals surface area contributed by atoms with E-state index in [1.807, 2.05) is 31.2 Å². The molecule has 0 saturated carbocycles. The second-order valence-electron chi connectivity index (χ2n) is 7.94. The lowest BCUT2D eigenvalue weighted by molar-refractivity contribution is -0.139. The van der Waals surface area contributed by atoms with Gasteiger partial charge in [-0.15, -0.1) is 0 Å². The number of hydrogen-bond donors (Lipinski definition) is 2. The van der Waals surface area contributed by atoms with Crippen LogP contribution >= 0.6 is 0 Å². The highest BCUT2D eigenvalue weighted by atomic mass is 16.4. The zero-order valence-corrected chi connectivity index (χ0v) is 17.2. The van der Waals surface area contributed by atoms with Gasteiger partial charge in [0.2, 0.25) is 0 Å². The van der Waals surface area contributed by atoms with E-state index in [2.05, 4.69) is 29.3 Å². The van der Waals surface area contributed by atoms with Crippen molar-refractivity contribution in [3.8, 4) is 6.07 Å². The zero-order chi connectivity index (χ0) is 20.8. The zero-order valence-electron chi connectivity index (χ0n) is 17.2. The Labute approximate surface area is 173 Å². The van der Waals surface area contributed by atoms with Crippen LogP contribution in [0.2, 0.25) is 0 Å². The maximum Gasteiger partial charge on any atom is 0.310 e. The molecule has 2 aromatic rings. The Kier molecular flexibility index (Phi) is 6.77. The molecule has 152 valence electrons. The van der Waals surface area contributed by atoms with Crippen LogP contribution in [0.3, 0.4) is 0 Å². The maximum atomic E-state index is 11.8. The predicted octanol–water partition coefficient (Wildman–Crippen LogP) is 5.51. The smallest absolute Gasteiger partial charge is 0.310 e. The fourth-order valence-corrected chi connectivity index (χ4v) is 3.90. The predicted molar refractivity (Wildman–Crippen MR) is 117 cm³/mol. The lowest BCUT2D eigenvalue weighted by Gasteiger charge is -2.34. The minimum Gasteiger partial charge on any atom is -0.481 e. The summed E-state index contributed by atoms with van der Waals surface area (Å²) >= 11 is 0. The number of nitrogens with one attached hydrogen (secondary N) is 1. The summed E-state index contributed by atoms with van der Waals surface area (Å²) in [5, 5.41) is 22.2. The van der Waals surface area contributed by atoms with E-state index in [1.54, 1.807) is 12.1 Å². The van der Waals surface area contributed by atoms with Gasteiger partial charge in [-0.2, -0.15) is 5.26 Å². The van der Waals surface area contributed by atoms with Gasteiger partial charge in [0, 0.05) is 18.8 Å². The van der Waals surface area contributed by atoms with Crippen molar-refractivity contribution in [3.63, 3.8) is 0 Å². The molecule has 1 unspecified atom stereocenters. The first-order chi connectivity index (χ1) is 14.0. The molecule has 1 aliphatic heterocycles. The van der Waals surface area contributed by atoms with Crippen LogP contribution in [-0.4, -0.2) is 24.2 Å². The highest BCUT2D eigenvalue weighted by molar-refractivity contribution is 5.81. The molecule has 1 heterocycles. The lowest BCUT2D eigenvalue weighted by Crippen LogP contribution is -2.33. The van der Waals surface area contributed by atoms with Gasteiger partial charge in [0.1, 0.15) is 0 Å². The Morgan fingerprint density at radius 2 is 1.93 bits per heavy atom. The summed E-state index contributed by atoms with van der Waals surface area (Å²) in [4.78, 5) is 14.2. The van der Waals surface area contributed by atoms with Crippen LogP contribution in [0, 0.1) is 17.2 Å². The summed E-state index contributed by atoms with van der Waals surface area (Å²) in [5.41, 5.74) is 4.35. The number of hydrogen-bond acceptors (Lipinski definition) is 4. The minimum atomic E-state index is -0.782. The van der Waals surface area contributed by atoms with E-state index in [0.717, 1.165) is 60.9 Å². The van der Waals surface area contributed by atoms with E-state index in [0.29, 0.717) is 12.0 Å². The summed E-state index contributed by atoms with van der Waals surface area (Å²) in [6.07, 6.45) is 3.75. The Morgan fingerprint density at radius 3 is 2.52 bits per heavy atom. The van der Waals surface area contributed by atoms with Crippen LogP contribution in [0.25, 0.3) is 0 Å². The van der Waals surface area contributed by atoms with Crippen molar-refractivity contribution in [2.75, 3.05) is 23.3 Å². The van der Waals surface area contributed by atoms with Crippen molar-refractivity contribution in [2.24, 2.45) is 5.92 Å². The van der Waals surface area contributed by atoms with Crippen LogP contribution in [0.1, 0.15) is 56.6 Å². The standard InChI is InChI=1S/C24H29N3O2/c1-3-4-21(24(28)29)19-7-10-23(27-13-11-17(2)12-14-27)22(15-19)26-20-8-5-18(16-25)6-9-20/h5-10,15,17,21,26H,3-4,11-14H2,1-2H3,(H,28,29). The number of nitrogens with zero attached hydrogens (tertiary/aromatic N) is 2. The summed E-state index contributed by atoms with van der Waals surface area (Å²) in [6, 6.07) is 15.5. The molecular weight excluding hydrogens is 362 g/mol. The number of carbonyl (C=O) groups is 1. The number of nitriles is 1. The van der Waals surface area contributed by atoms with Gasteiger partial charge in [-0.25, -0.2) is 0 Å². The molecule has 1 saturated heterocycles. The quantitative estimate of drug-likeness (QED) is 0.651. The van der Waals surface area contributed by atoms with Gasteiger partial charge in [-0.3, -0.25) is 4.79 Å². The molecule has 0 aromatic heterocycles. The number of anilines is 3. The SMILES string of the molecule is CCCC(C(=O)O)c1ccc(N2CCC(C)CC2)c(Nc2ccc(C#N)cc2)c1. The topological polar surface area (TPSA) is 76.4 Å². The lowest BCUT2D eigenvalue weighted by atomic mass is 9.93. The first kappa shape index (κ1) is 20.7. The van der Waals surface area contributed by atoms with Gasteiger partial charge in [0.15, 0.2) is 0 Å². The van der Waals surface area contributed by atoms with Crippen molar-refractivity contribution in [1.82, 2.24) is 0 Å².